The van der Waals surface area contributed by atoms with Crippen LogP contribution in [0.3, 0.4) is 0 Å². The largest absolute Gasteiger partial charge is 0.416 e. The lowest BCUT2D eigenvalue weighted by atomic mass is 9.91. The monoisotopic (exact) mass is 435 g/mol. The summed E-state index contributed by atoms with van der Waals surface area (Å²) in [6, 6.07) is 4.62. The number of hydrogen-bond donors (Lipinski definition) is 2. The molecule has 0 bridgehead atoms. The average Bonchev–Trinajstić information content (AvgIpc) is 2.71. The number of halogens is 3. The van der Waals surface area contributed by atoms with Gasteiger partial charge in [0.2, 0.25) is 5.95 Å². The SMILES string of the molecule is Cc1nc(NC2CCC(NC(=O)c3cccc(C(F)(F)F)c3)CC2)nc(N(C)C)c1C. The predicted molar refractivity (Wildman–Crippen MR) is 114 cm³/mol. The van der Waals surface area contributed by atoms with Gasteiger partial charge in [0.1, 0.15) is 5.82 Å². The summed E-state index contributed by atoms with van der Waals surface area (Å²) in [5.41, 5.74) is 1.16. The number of amides is 1. The van der Waals surface area contributed by atoms with Crippen LogP contribution in [0.5, 0.6) is 0 Å². The maximum absolute atomic E-state index is 12.9. The maximum atomic E-state index is 12.9. The molecule has 1 heterocycles. The van der Waals surface area contributed by atoms with Gasteiger partial charge in [0, 0.05) is 43.0 Å². The van der Waals surface area contributed by atoms with Gasteiger partial charge in [-0.15, -0.1) is 0 Å². The highest BCUT2D eigenvalue weighted by Gasteiger charge is 2.31. The summed E-state index contributed by atoms with van der Waals surface area (Å²) >= 11 is 0. The van der Waals surface area contributed by atoms with Crippen molar-refractivity contribution in [2.75, 3.05) is 24.3 Å². The van der Waals surface area contributed by atoms with Crippen LogP contribution >= 0.6 is 0 Å². The topological polar surface area (TPSA) is 70.1 Å². The number of carbonyl (C=O) groups is 1. The average molecular weight is 435 g/mol. The van der Waals surface area contributed by atoms with E-state index in [-0.39, 0.29) is 17.6 Å². The van der Waals surface area contributed by atoms with Gasteiger partial charge in [-0.25, -0.2) is 4.98 Å². The molecule has 0 unspecified atom stereocenters. The van der Waals surface area contributed by atoms with E-state index in [9.17, 15) is 18.0 Å². The molecule has 6 nitrogen and oxygen atoms in total. The third-order valence-corrected chi connectivity index (χ3v) is 5.63. The molecule has 2 N–H and O–H groups in total. The number of aryl methyl sites for hydroxylation is 1. The van der Waals surface area contributed by atoms with E-state index in [1.165, 1.54) is 12.1 Å². The van der Waals surface area contributed by atoms with Crippen LogP contribution in [0.2, 0.25) is 0 Å². The Morgan fingerprint density at radius 2 is 1.71 bits per heavy atom. The van der Waals surface area contributed by atoms with Gasteiger partial charge in [-0.2, -0.15) is 18.2 Å². The standard InChI is InChI=1S/C22H28F3N5O/c1-13-14(2)26-21(29-19(13)30(3)4)28-18-10-8-17(9-11-18)27-20(31)15-6-5-7-16(12-15)22(23,24)25/h5-7,12,17-18H,8-11H2,1-4H3,(H,27,31)(H,26,28,29). The summed E-state index contributed by atoms with van der Waals surface area (Å²) in [5, 5.41) is 6.25. The number of rotatable bonds is 5. The Labute approximate surface area is 180 Å². The van der Waals surface area contributed by atoms with Crippen molar-refractivity contribution in [1.29, 1.82) is 0 Å². The second-order valence-corrected chi connectivity index (χ2v) is 8.22. The van der Waals surface area contributed by atoms with E-state index in [0.29, 0.717) is 5.95 Å². The molecule has 1 saturated carbocycles. The van der Waals surface area contributed by atoms with Crippen molar-refractivity contribution in [2.45, 2.75) is 57.8 Å². The molecule has 9 heteroatoms. The maximum Gasteiger partial charge on any atom is 0.416 e. The summed E-state index contributed by atoms with van der Waals surface area (Å²) in [5.74, 6) is 0.982. The van der Waals surface area contributed by atoms with E-state index >= 15 is 0 Å². The smallest absolute Gasteiger partial charge is 0.362 e. The Bertz CT molecular complexity index is 937. The summed E-state index contributed by atoms with van der Waals surface area (Å²) in [4.78, 5) is 23.5. The van der Waals surface area contributed by atoms with E-state index in [0.717, 1.165) is 54.9 Å². The fourth-order valence-corrected chi connectivity index (χ4v) is 3.78. The highest BCUT2D eigenvalue weighted by Crippen LogP contribution is 2.30. The van der Waals surface area contributed by atoms with Crippen molar-refractivity contribution < 1.29 is 18.0 Å². The van der Waals surface area contributed by atoms with Crippen LogP contribution in [-0.4, -0.2) is 42.1 Å². The number of carbonyl (C=O) groups excluding carboxylic acids is 1. The van der Waals surface area contributed by atoms with Crippen LogP contribution in [0, 0.1) is 13.8 Å². The molecule has 0 radical (unpaired) electrons. The number of aromatic nitrogens is 2. The van der Waals surface area contributed by atoms with Crippen LogP contribution in [0.1, 0.15) is 52.9 Å². The summed E-state index contributed by atoms with van der Waals surface area (Å²) < 4.78 is 38.6. The molecule has 0 saturated heterocycles. The van der Waals surface area contributed by atoms with Crippen molar-refractivity contribution >= 4 is 17.7 Å². The van der Waals surface area contributed by atoms with Gasteiger partial charge in [-0.3, -0.25) is 4.79 Å². The van der Waals surface area contributed by atoms with Crippen LogP contribution in [0.4, 0.5) is 24.9 Å². The first-order valence-corrected chi connectivity index (χ1v) is 10.3. The Morgan fingerprint density at radius 1 is 1.06 bits per heavy atom. The van der Waals surface area contributed by atoms with Crippen molar-refractivity contribution in [2.24, 2.45) is 0 Å². The molecule has 1 aliphatic rings. The molecule has 1 aliphatic carbocycles. The molecule has 31 heavy (non-hydrogen) atoms. The molecule has 0 aliphatic heterocycles. The molecule has 2 aromatic rings. The number of benzene rings is 1. The van der Waals surface area contributed by atoms with E-state index < -0.39 is 17.6 Å². The fraction of sp³-hybridized carbons (Fsp3) is 0.500. The number of hydrogen-bond acceptors (Lipinski definition) is 5. The molecule has 3 rings (SSSR count). The van der Waals surface area contributed by atoms with Crippen molar-refractivity contribution in [3.8, 4) is 0 Å². The van der Waals surface area contributed by atoms with Crippen molar-refractivity contribution in [3.05, 3.63) is 46.6 Å². The summed E-state index contributed by atoms with van der Waals surface area (Å²) in [7, 11) is 3.88. The quantitative estimate of drug-likeness (QED) is 0.732. The zero-order valence-electron chi connectivity index (χ0n) is 18.2. The Balaban J connectivity index is 1.56. The summed E-state index contributed by atoms with van der Waals surface area (Å²) in [6.07, 6.45) is -1.40. The van der Waals surface area contributed by atoms with Gasteiger partial charge in [0.15, 0.2) is 0 Å². The van der Waals surface area contributed by atoms with Gasteiger partial charge >= 0.3 is 6.18 Å². The van der Waals surface area contributed by atoms with Gasteiger partial charge in [-0.05, 0) is 57.7 Å². The minimum absolute atomic E-state index is 0.0230. The normalized spacial score (nSPS) is 19.1. The van der Waals surface area contributed by atoms with Crippen LogP contribution in [0.25, 0.3) is 0 Å². The third-order valence-electron chi connectivity index (χ3n) is 5.63. The lowest BCUT2D eigenvalue weighted by molar-refractivity contribution is -0.137. The van der Waals surface area contributed by atoms with Gasteiger partial charge in [-0.1, -0.05) is 6.07 Å². The Hall–Kier alpha value is -2.84. The highest BCUT2D eigenvalue weighted by atomic mass is 19.4. The minimum Gasteiger partial charge on any atom is -0.362 e. The molecule has 1 aromatic carbocycles. The molecule has 1 fully saturated rings. The molecular formula is C22H28F3N5O. The van der Waals surface area contributed by atoms with Gasteiger partial charge in [0.05, 0.1) is 5.56 Å². The molecule has 0 atom stereocenters. The molecule has 0 spiro atoms. The van der Waals surface area contributed by atoms with E-state index in [1.54, 1.807) is 0 Å². The van der Waals surface area contributed by atoms with Crippen LogP contribution < -0.4 is 15.5 Å². The second kappa shape index (κ2) is 9.11. The van der Waals surface area contributed by atoms with Crippen molar-refractivity contribution in [3.63, 3.8) is 0 Å². The highest BCUT2D eigenvalue weighted by molar-refractivity contribution is 5.94. The summed E-state index contributed by atoms with van der Waals surface area (Å²) in [6.45, 7) is 3.95. The first-order valence-electron chi connectivity index (χ1n) is 10.3. The lowest BCUT2D eigenvalue weighted by Crippen LogP contribution is -2.40. The lowest BCUT2D eigenvalue weighted by Gasteiger charge is -2.30. The zero-order chi connectivity index (χ0) is 22.8. The second-order valence-electron chi connectivity index (χ2n) is 8.22. The first kappa shape index (κ1) is 22.8. The number of nitrogens with zero attached hydrogens (tertiary/aromatic N) is 3. The molecule has 1 amide bonds. The Kier molecular flexibility index (Phi) is 6.71. The number of alkyl halides is 3. The van der Waals surface area contributed by atoms with Crippen molar-refractivity contribution in [1.82, 2.24) is 15.3 Å². The third kappa shape index (κ3) is 5.65. The molecule has 168 valence electrons. The predicted octanol–water partition coefficient (Wildman–Crippen LogP) is 4.33. The van der Waals surface area contributed by atoms with Crippen LogP contribution in [0.15, 0.2) is 24.3 Å². The first-order chi connectivity index (χ1) is 14.5. The van der Waals surface area contributed by atoms with E-state index in [4.69, 9.17) is 0 Å². The van der Waals surface area contributed by atoms with Gasteiger partial charge < -0.3 is 15.5 Å². The Morgan fingerprint density at radius 3 is 2.32 bits per heavy atom. The minimum atomic E-state index is -4.47. The van der Waals surface area contributed by atoms with Gasteiger partial charge in [0.25, 0.3) is 5.91 Å². The number of anilines is 2. The molecule has 1 aromatic heterocycles. The van der Waals surface area contributed by atoms with Crippen LogP contribution in [-0.2, 0) is 6.18 Å². The van der Waals surface area contributed by atoms with E-state index in [2.05, 4.69) is 20.6 Å². The van der Waals surface area contributed by atoms with E-state index in [1.807, 2.05) is 32.8 Å². The molecular weight excluding hydrogens is 407 g/mol. The number of nitrogens with one attached hydrogen (secondary N) is 2. The zero-order valence-corrected chi connectivity index (χ0v) is 18.2. The fourth-order valence-electron chi connectivity index (χ4n) is 3.78.